The molecule has 0 fully saturated rings. The smallest absolute Gasteiger partial charge is 0.318 e. The highest BCUT2D eigenvalue weighted by molar-refractivity contribution is 7.91. The standard InChI is InChI=1S/C27H29N3O5S/c1-3-24(16-15-21-11-7-5-8-12-21)36(33,34)29-26(31)25(27(32)35-4-2)17-23-18-28-30(20-23)19-22-13-9-6-10-14-22/h3,5-16,18,20,24-25H,1,4,17,19H2,2H3,(H,29,31). The first-order valence-electron chi connectivity index (χ1n) is 11.5. The number of ether oxygens (including phenoxy) is 1. The molecule has 2 atom stereocenters. The number of hydrogen-bond acceptors (Lipinski definition) is 6. The molecule has 8 nitrogen and oxygen atoms in total. The van der Waals surface area contributed by atoms with E-state index in [1.54, 1.807) is 30.1 Å². The van der Waals surface area contributed by atoms with E-state index >= 15 is 0 Å². The van der Waals surface area contributed by atoms with E-state index in [-0.39, 0.29) is 13.0 Å². The number of nitrogens with zero attached hydrogens (tertiary/aromatic N) is 2. The van der Waals surface area contributed by atoms with Crippen LogP contribution in [-0.4, -0.2) is 41.9 Å². The van der Waals surface area contributed by atoms with Crippen LogP contribution in [0, 0.1) is 5.92 Å². The topological polar surface area (TPSA) is 107 Å². The maximum Gasteiger partial charge on any atom is 0.318 e. The number of amides is 1. The van der Waals surface area contributed by atoms with Crippen molar-refractivity contribution in [2.24, 2.45) is 5.92 Å². The highest BCUT2D eigenvalue weighted by Crippen LogP contribution is 2.14. The summed E-state index contributed by atoms with van der Waals surface area (Å²) in [5.74, 6) is -3.14. The van der Waals surface area contributed by atoms with Gasteiger partial charge in [0, 0.05) is 6.20 Å². The average Bonchev–Trinajstić information content (AvgIpc) is 3.30. The minimum Gasteiger partial charge on any atom is -0.465 e. The molecule has 1 heterocycles. The van der Waals surface area contributed by atoms with Gasteiger partial charge >= 0.3 is 5.97 Å². The lowest BCUT2D eigenvalue weighted by atomic mass is 10.0. The largest absolute Gasteiger partial charge is 0.465 e. The number of benzene rings is 2. The SMILES string of the molecule is C=CC(C=Cc1ccccc1)S(=O)(=O)NC(=O)C(Cc1cnn(Cc2ccccc2)c1)C(=O)OCC. The van der Waals surface area contributed by atoms with Crippen molar-refractivity contribution in [3.63, 3.8) is 0 Å². The minimum absolute atomic E-state index is 0.0533. The lowest BCUT2D eigenvalue weighted by Crippen LogP contribution is -2.43. The molecule has 0 saturated heterocycles. The monoisotopic (exact) mass is 507 g/mol. The number of nitrogens with one attached hydrogen (secondary N) is 1. The van der Waals surface area contributed by atoms with Crippen LogP contribution in [0.5, 0.6) is 0 Å². The van der Waals surface area contributed by atoms with Crippen LogP contribution < -0.4 is 4.72 Å². The van der Waals surface area contributed by atoms with E-state index in [1.165, 1.54) is 12.2 Å². The minimum atomic E-state index is -4.20. The fraction of sp³-hybridized carbons (Fsp3) is 0.222. The van der Waals surface area contributed by atoms with Crippen LogP contribution >= 0.6 is 0 Å². The summed E-state index contributed by atoms with van der Waals surface area (Å²) in [5.41, 5.74) is 2.43. The molecule has 188 valence electrons. The lowest BCUT2D eigenvalue weighted by Gasteiger charge is -2.17. The second-order valence-corrected chi connectivity index (χ2v) is 9.86. The van der Waals surface area contributed by atoms with Gasteiger partial charge in [0.1, 0.15) is 11.2 Å². The summed E-state index contributed by atoms with van der Waals surface area (Å²) in [5, 5.41) is 3.11. The maximum absolute atomic E-state index is 13.0. The van der Waals surface area contributed by atoms with Crippen molar-refractivity contribution in [3.8, 4) is 0 Å². The van der Waals surface area contributed by atoms with Gasteiger partial charge in [0.2, 0.25) is 15.9 Å². The van der Waals surface area contributed by atoms with Crippen LogP contribution in [0.15, 0.2) is 91.8 Å². The van der Waals surface area contributed by atoms with Crippen molar-refractivity contribution in [1.29, 1.82) is 0 Å². The van der Waals surface area contributed by atoms with Gasteiger partial charge < -0.3 is 4.74 Å². The zero-order valence-corrected chi connectivity index (χ0v) is 20.8. The van der Waals surface area contributed by atoms with E-state index < -0.39 is 33.1 Å². The Kier molecular flexibility index (Phi) is 9.35. The van der Waals surface area contributed by atoms with Gasteiger partial charge in [-0.3, -0.25) is 19.0 Å². The average molecular weight is 508 g/mol. The van der Waals surface area contributed by atoms with Gasteiger partial charge in [-0.15, -0.1) is 6.58 Å². The van der Waals surface area contributed by atoms with E-state index in [0.717, 1.165) is 11.1 Å². The van der Waals surface area contributed by atoms with Crippen LogP contribution in [0.4, 0.5) is 0 Å². The Morgan fingerprint density at radius 2 is 1.75 bits per heavy atom. The number of aromatic nitrogens is 2. The second-order valence-electron chi connectivity index (χ2n) is 8.02. The summed E-state index contributed by atoms with van der Waals surface area (Å²) in [6, 6.07) is 18.8. The Balaban J connectivity index is 1.74. The predicted molar refractivity (Wildman–Crippen MR) is 138 cm³/mol. The molecule has 0 spiro atoms. The van der Waals surface area contributed by atoms with E-state index in [4.69, 9.17) is 4.74 Å². The van der Waals surface area contributed by atoms with Crippen molar-refractivity contribution in [2.45, 2.75) is 25.1 Å². The fourth-order valence-electron chi connectivity index (χ4n) is 3.49. The van der Waals surface area contributed by atoms with Crippen LogP contribution in [0.25, 0.3) is 6.08 Å². The quantitative estimate of drug-likeness (QED) is 0.229. The number of carbonyl (C=O) groups is 2. The predicted octanol–water partition coefficient (Wildman–Crippen LogP) is 3.37. The normalized spacial score (nSPS) is 13.1. The van der Waals surface area contributed by atoms with Gasteiger partial charge in [0.15, 0.2) is 0 Å². The number of hydrogen-bond donors (Lipinski definition) is 1. The lowest BCUT2D eigenvalue weighted by molar-refractivity contribution is -0.151. The van der Waals surface area contributed by atoms with Gasteiger partial charge in [0.25, 0.3) is 0 Å². The molecular weight excluding hydrogens is 478 g/mol. The molecule has 3 rings (SSSR count). The molecule has 9 heteroatoms. The Hall–Kier alpha value is -3.98. The Morgan fingerprint density at radius 3 is 2.39 bits per heavy atom. The second kappa shape index (κ2) is 12.6. The van der Waals surface area contributed by atoms with E-state index in [9.17, 15) is 18.0 Å². The van der Waals surface area contributed by atoms with Crippen molar-refractivity contribution in [3.05, 3.63) is 108 Å². The number of carbonyl (C=O) groups excluding carboxylic acids is 2. The van der Waals surface area contributed by atoms with Gasteiger partial charge in [-0.1, -0.05) is 78.9 Å². The third-order valence-electron chi connectivity index (χ3n) is 5.31. The molecule has 1 amide bonds. The Labute approximate surface area is 211 Å². The van der Waals surface area contributed by atoms with E-state index in [2.05, 4.69) is 11.7 Å². The summed E-state index contributed by atoms with van der Waals surface area (Å²) in [4.78, 5) is 25.6. The molecule has 36 heavy (non-hydrogen) atoms. The molecular formula is C27H29N3O5S. The fourth-order valence-corrected chi connectivity index (χ4v) is 4.59. The van der Waals surface area contributed by atoms with Crippen LogP contribution in [0.2, 0.25) is 0 Å². The third kappa shape index (κ3) is 7.51. The maximum atomic E-state index is 13.0. The first-order valence-corrected chi connectivity index (χ1v) is 13.0. The molecule has 0 bridgehead atoms. The van der Waals surface area contributed by atoms with Crippen LogP contribution in [0.3, 0.4) is 0 Å². The van der Waals surface area contributed by atoms with Crippen molar-refractivity contribution >= 4 is 28.0 Å². The summed E-state index contributed by atoms with van der Waals surface area (Å²) in [6.45, 7) is 5.76. The van der Waals surface area contributed by atoms with Crippen molar-refractivity contribution in [2.75, 3.05) is 6.61 Å². The highest BCUT2D eigenvalue weighted by atomic mass is 32.2. The van der Waals surface area contributed by atoms with Gasteiger partial charge in [-0.05, 0) is 30.0 Å². The molecule has 0 aliphatic carbocycles. The zero-order valence-electron chi connectivity index (χ0n) is 20.0. The van der Waals surface area contributed by atoms with E-state index in [1.807, 2.05) is 65.4 Å². The zero-order chi connectivity index (χ0) is 26.0. The van der Waals surface area contributed by atoms with Gasteiger partial charge in [0.05, 0.1) is 19.3 Å². The molecule has 2 unspecified atom stereocenters. The molecule has 0 radical (unpaired) electrons. The molecule has 1 N–H and O–H groups in total. The van der Waals surface area contributed by atoms with Gasteiger partial charge in [-0.2, -0.15) is 5.10 Å². The summed E-state index contributed by atoms with van der Waals surface area (Å²) >= 11 is 0. The molecule has 0 aliphatic rings. The number of esters is 1. The Morgan fingerprint density at radius 1 is 1.08 bits per heavy atom. The van der Waals surface area contributed by atoms with Crippen LogP contribution in [-0.2, 0) is 37.3 Å². The molecule has 0 aliphatic heterocycles. The van der Waals surface area contributed by atoms with Crippen LogP contribution in [0.1, 0.15) is 23.6 Å². The molecule has 1 aromatic heterocycles. The van der Waals surface area contributed by atoms with Gasteiger partial charge in [-0.25, -0.2) is 8.42 Å². The molecule has 2 aromatic carbocycles. The first-order chi connectivity index (χ1) is 17.3. The highest BCUT2D eigenvalue weighted by Gasteiger charge is 2.33. The van der Waals surface area contributed by atoms with Crippen molar-refractivity contribution in [1.82, 2.24) is 14.5 Å². The summed E-state index contributed by atoms with van der Waals surface area (Å²) < 4.78 is 34.6. The number of sulfonamides is 1. The third-order valence-corrected chi connectivity index (χ3v) is 6.86. The number of rotatable bonds is 12. The summed E-state index contributed by atoms with van der Waals surface area (Å²) in [6.07, 6.45) is 7.46. The molecule has 0 saturated carbocycles. The van der Waals surface area contributed by atoms with E-state index in [0.29, 0.717) is 12.1 Å². The molecule has 3 aromatic rings. The Bertz CT molecular complexity index is 1300. The summed E-state index contributed by atoms with van der Waals surface area (Å²) in [7, 11) is -4.20. The first kappa shape index (κ1) is 26.6. The van der Waals surface area contributed by atoms with Crippen molar-refractivity contribution < 1.29 is 22.7 Å².